The molecule has 7 heteroatoms. The van der Waals surface area contributed by atoms with E-state index in [9.17, 15) is 0 Å². The zero-order chi connectivity index (χ0) is 12.1. The number of hydrogen-bond donors (Lipinski definition) is 2. The molecule has 3 N–H and O–H groups in total. The highest BCUT2D eigenvalue weighted by atomic mass is 16.5. The number of nitrogens with two attached hydrogens (primary N) is 1. The first-order valence-electron chi connectivity index (χ1n) is 5.78. The molecule has 0 radical (unpaired) electrons. The summed E-state index contributed by atoms with van der Waals surface area (Å²) in [6.07, 6.45) is 0.994. The molecule has 1 atom stereocenters. The zero-order valence-electron chi connectivity index (χ0n) is 10.1. The van der Waals surface area contributed by atoms with E-state index >= 15 is 0 Å². The summed E-state index contributed by atoms with van der Waals surface area (Å²) in [5, 5.41) is 7.02. The molecule has 1 saturated heterocycles. The van der Waals surface area contributed by atoms with Gasteiger partial charge in [-0.2, -0.15) is 4.98 Å². The molecule has 0 amide bonds. The van der Waals surface area contributed by atoms with Crippen molar-refractivity contribution >= 4 is 5.95 Å². The fraction of sp³-hybridized carbons (Fsp3) is 0.800. The average molecular weight is 241 g/mol. The fourth-order valence-electron chi connectivity index (χ4n) is 1.77. The van der Waals surface area contributed by atoms with Crippen LogP contribution in [0.15, 0.2) is 0 Å². The fourth-order valence-corrected chi connectivity index (χ4v) is 1.77. The van der Waals surface area contributed by atoms with Gasteiger partial charge in [0.15, 0.2) is 5.82 Å². The number of aromatic nitrogens is 3. The third-order valence-corrected chi connectivity index (χ3v) is 2.70. The summed E-state index contributed by atoms with van der Waals surface area (Å²) in [5.41, 5.74) is 5.84. The summed E-state index contributed by atoms with van der Waals surface area (Å²) >= 11 is 0. The van der Waals surface area contributed by atoms with Gasteiger partial charge in [-0.1, -0.05) is 0 Å². The molecule has 1 fully saturated rings. The van der Waals surface area contributed by atoms with E-state index in [0.29, 0.717) is 25.8 Å². The van der Waals surface area contributed by atoms with Crippen LogP contribution < -0.4 is 10.6 Å². The van der Waals surface area contributed by atoms with Crippen LogP contribution in [-0.4, -0.2) is 54.6 Å². The van der Waals surface area contributed by atoms with Crippen molar-refractivity contribution < 1.29 is 9.47 Å². The third kappa shape index (κ3) is 3.39. The van der Waals surface area contributed by atoms with Crippen LogP contribution >= 0.6 is 0 Å². The van der Waals surface area contributed by atoms with Crippen molar-refractivity contribution in [1.29, 1.82) is 0 Å². The van der Waals surface area contributed by atoms with Gasteiger partial charge in [-0.15, -0.1) is 5.10 Å². The Balaban J connectivity index is 1.79. The Bertz CT molecular complexity index is 343. The summed E-state index contributed by atoms with van der Waals surface area (Å²) in [4.78, 5) is 6.45. The van der Waals surface area contributed by atoms with Crippen molar-refractivity contribution in [1.82, 2.24) is 15.2 Å². The van der Waals surface area contributed by atoms with E-state index in [-0.39, 0.29) is 6.04 Å². The van der Waals surface area contributed by atoms with Crippen LogP contribution in [0.1, 0.15) is 12.2 Å². The second-order valence-electron chi connectivity index (χ2n) is 4.12. The SMILES string of the molecule is COCCOCc1nc(N2CCC(N)C2)n[nH]1. The predicted octanol–water partition coefficient (Wildman–Crippen LogP) is -0.495. The number of methoxy groups -OCH3 is 1. The van der Waals surface area contributed by atoms with Crippen LogP contribution in [0.25, 0.3) is 0 Å². The largest absolute Gasteiger partial charge is 0.382 e. The van der Waals surface area contributed by atoms with E-state index in [2.05, 4.69) is 20.1 Å². The molecule has 2 heterocycles. The molecule has 2 rings (SSSR count). The van der Waals surface area contributed by atoms with Crippen molar-refractivity contribution in [2.75, 3.05) is 38.3 Å². The maximum atomic E-state index is 5.84. The lowest BCUT2D eigenvalue weighted by Gasteiger charge is -2.11. The summed E-state index contributed by atoms with van der Waals surface area (Å²) in [6.45, 7) is 3.31. The molecule has 0 saturated carbocycles. The van der Waals surface area contributed by atoms with E-state index in [1.54, 1.807) is 7.11 Å². The smallest absolute Gasteiger partial charge is 0.244 e. The van der Waals surface area contributed by atoms with Crippen molar-refractivity contribution in [3.05, 3.63) is 5.82 Å². The number of aromatic amines is 1. The molecule has 7 nitrogen and oxygen atoms in total. The topological polar surface area (TPSA) is 89.3 Å². The van der Waals surface area contributed by atoms with Crippen LogP contribution in [0.3, 0.4) is 0 Å². The van der Waals surface area contributed by atoms with Gasteiger partial charge in [-0.05, 0) is 6.42 Å². The first-order chi connectivity index (χ1) is 8.29. The molecule has 1 aromatic rings. The summed E-state index contributed by atoms with van der Waals surface area (Å²) in [6, 6.07) is 0.231. The third-order valence-electron chi connectivity index (χ3n) is 2.70. The van der Waals surface area contributed by atoms with Crippen molar-refractivity contribution in [2.24, 2.45) is 5.73 Å². The predicted molar refractivity (Wildman–Crippen MR) is 62.7 cm³/mol. The second kappa shape index (κ2) is 5.95. The maximum absolute atomic E-state index is 5.84. The van der Waals surface area contributed by atoms with Gasteiger partial charge in [0.1, 0.15) is 6.61 Å². The van der Waals surface area contributed by atoms with E-state index in [4.69, 9.17) is 15.2 Å². The molecular weight excluding hydrogens is 222 g/mol. The van der Waals surface area contributed by atoms with Crippen molar-refractivity contribution in [2.45, 2.75) is 19.1 Å². The van der Waals surface area contributed by atoms with Gasteiger partial charge in [-0.25, -0.2) is 0 Å². The number of nitrogens with zero attached hydrogens (tertiary/aromatic N) is 3. The highest BCUT2D eigenvalue weighted by Gasteiger charge is 2.22. The summed E-state index contributed by atoms with van der Waals surface area (Å²) < 4.78 is 10.2. The molecule has 17 heavy (non-hydrogen) atoms. The monoisotopic (exact) mass is 241 g/mol. The van der Waals surface area contributed by atoms with Crippen LogP contribution in [0.5, 0.6) is 0 Å². The minimum absolute atomic E-state index is 0.231. The van der Waals surface area contributed by atoms with E-state index in [0.717, 1.165) is 25.3 Å². The quantitative estimate of drug-likeness (QED) is 0.653. The Kier molecular flexibility index (Phi) is 4.29. The molecule has 1 aliphatic heterocycles. The normalized spacial score (nSPS) is 20.1. The minimum Gasteiger partial charge on any atom is -0.382 e. The van der Waals surface area contributed by atoms with Crippen LogP contribution in [0.4, 0.5) is 5.95 Å². The minimum atomic E-state index is 0.231. The lowest BCUT2D eigenvalue weighted by molar-refractivity contribution is 0.0587. The standard InChI is InChI=1S/C10H19N5O2/c1-16-4-5-17-7-9-12-10(14-13-9)15-3-2-8(11)6-15/h8H,2-7,11H2,1H3,(H,12,13,14). The lowest BCUT2D eigenvalue weighted by atomic mass is 10.3. The second-order valence-corrected chi connectivity index (χ2v) is 4.12. The Labute approximate surface area is 100 Å². The van der Waals surface area contributed by atoms with Crippen LogP contribution in [-0.2, 0) is 16.1 Å². The number of anilines is 1. The maximum Gasteiger partial charge on any atom is 0.244 e. The van der Waals surface area contributed by atoms with Gasteiger partial charge in [0, 0.05) is 26.2 Å². The Morgan fingerprint density at radius 1 is 1.53 bits per heavy atom. The van der Waals surface area contributed by atoms with Crippen LogP contribution in [0.2, 0.25) is 0 Å². The highest BCUT2D eigenvalue weighted by molar-refractivity contribution is 5.31. The molecule has 0 bridgehead atoms. The van der Waals surface area contributed by atoms with Gasteiger partial charge in [0.25, 0.3) is 0 Å². The van der Waals surface area contributed by atoms with E-state index in [1.165, 1.54) is 0 Å². The number of hydrogen-bond acceptors (Lipinski definition) is 6. The highest BCUT2D eigenvalue weighted by Crippen LogP contribution is 2.14. The van der Waals surface area contributed by atoms with Gasteiger partial charge < -0.3 is 20.1 Å². The van der Waals surface area contributed by atoms with Gasteiger partial charge >= 0.3 is 0 Å². The molecule has 1 aromatic heterocycles. The zero-order valence-corrected chi connectivity index (χ0v) is 10.1. The molecule has 0 aromatic carbocycles. The first kappa shape index (κ1) is 12.3. The molecule has 1 unspecified atom stereocenters. The first-order valence-corrected chi connectivity index (χ1v) is 5.78. The molecule has 1 aliphatic rings. The van der Waals surface area contributed by atoms with Gasteiger partial charge in [0.2, 0.25) is 5.95 Å². The number of nitrogens with one attached hydrogen (secondary N) is 1. The average Bonchev–Trinajstić information content (AvgIpc) is 2.93. The molecule has 96 valence electrons. The van der Waals surface area contributed by atoms with Crippen molar-refractivity contribution in [3.63, 3.8) is 0 Å². The van der Waals surface area contributed by atoms with Gasteiger partial charge in [-0.3, -0.25) is 5.10 Å². The number of H-pyrrole nitrogens is 1. The summed E-state index contributed by atoms with van der Waals surface area (Å²) in [7, 11) is 1.65. The van der Waals surface area contributed by atoms with Crippen LogP contribution in [0, 0.1) is 0 Å². The molecule has 0 aliphatic carbocycles. The lowest BCUT2D eigenvalue weighted by Crippen LogP contribution is -2.27. The molecule has 0 spiro atoms. The number of ether oxygens (including phenoxy) is 2. The Morgan fingerprint density at radius 2 is 2.41 bits per heavy atom. The van der Waals surface area contributed by atoms with Gasteiger partial charge in [0.05, 0.1) is 13.2 Å². The Morgan fingerprint density at radius 3 is 3.12 bits per heavy atom. The van der Waals surface area contributed by atoms with E-state index in [1.807, 2.05) is 0 Å². The number of rotatable bonds is 6. The van der Waals surface area contributed by atoms with Crippen molar-refractivity contribution in [3.8, 4) is 0 Å². The Hall–Kier alpha value is -1.18. The van der Waals surface area contributed by atoms with E-state index < -0.39 is 0 Å². The molecular formula is C10H19N5O2. The summed E-state index contributed by atoms with van der Waals surface area (Å²) in [5.74, 6) is 1.44.